The summed E-state index contributed by atoms with van der Waals surface area (Å²) < 4.78 is 54.3. The van der Waals surface area contributed by atoms with Gasteiger partial charge in [-0.25, -0.2) is 17.6 Å². The average molecular weight is 516 g/mol. The van der Waals surface area contributed by atoms with E-state index in [1.165, 1.54) is 12.1 Å². The highest BCUT2D eigenvalue weighted by molar-refractivity contribution is 7.93. The Morgan fingerprint density at radius 3 is 2.40 bits per heavy atom. The normalized spacial score (nSPS) is 23.9. The lowest BCUT2D eigenvalue weighted by Gasteiger charge is -2.33. The molecule has 1 aromatic rings. The topological polar surface area (TPSA) is 142 Å². The van der Waals surface area contributed by atoms with Crippen molar-refractivity contribution in [2.45, 2.75) is 81.5 Å². The Balaban J connectivity index is 1.82. The SMILES string of the molecule is CCCCCCCc1cc(F)ccc1NS(=O)(=O)C1CCC2(C=C1C(=O)O)O[C@@H](CO)[C@H](CO)O2. The Labute approximate surface area is 205 Å². The first-order valence-electron chi connectivity index (χ1n) is 12.0. The van der Waals surface area contributed by atoms with Gasteiger partial charge in [0.2, 0.25) is 10.0 Å². The number of aliphatic carboxylic acids is 1. The molecule has 0 amide bonds. The summed E-state index contributed by atoms with van der Waals surface area (Å²) in [6.07, 6.45) is 4.70. The summed E-state index contributed by atoms with van der Waals surface area (Å²) in [6, 6.07) is 3.81. The van der Waals surface area contributed by atoms with Gasteiger partial charge >= 0.3 is 5.97 Å². The number of nitrogens with one attached hydrogen (secondary N) is 1. The van der Waals surface area contributed by atoms with Gasteiger partial charge in [-0.2, -0.15) is 0 Å². The summed E-state index contributed by atoms with van der Waals surface area (Å²) in [7, 11) is -4.22. The molecule has 1 heterocycles. The highest BCUT2D eigenvalue weighted by Gasteiger charge is 2.51. The largest absolute Gasteiger partial charge is 0.478 e. The van der Waals surface area contributed by atoms with Crippen molar-refractivity contribution in [3.63, 3.8) is 0 Å². The third-order valence-corrected chi connectivity index (χ3v) is 8.19. The first-order chi connectivity index (χ1) is 16.6. The van der Waals surface area contributed by atoms with Gasteiger partial charge in [0.25, 0.3) is 0 Å². The number of aliphatic hydroxyl groups excluding tert-OH is 2. The van der Waals surface area contributed by atoms with Crippen molar-refractivity contribution in [1.82, 2.24) is 0 Å². The first-order valence-corrected chi connectivity index (χ1v) is 13.5. The predicted molar refractivity (Wildman–Crippen MR) is 127 cm³/mol. The number of anilines is 1. The molecular weight excluding hydrogens is 481 g/mol. The van der Waals surface area contributed by atoms with E-state index in [0.717, 1.165) is 44.2 Å². The van der Waals surface area contributed by atoms with E-state index in [0.29, 0.717) is 12.0 Å². The van der Waals surface area contributed by atoms with Crippen molar-refractivity contribution in [2.24, 2.45) is 0 Å². The van der Waals surface area contributed by atoms with E-state index in [-0.39, 0.29) is 18.5 Å². The Bertz CT molecular complexity index is 1020. The second-order valence-electron chi connectivity index (χ2n) is 9.03. The maximum absolute atomic E-state index is 13.9. The Hall–Kier alpha value is -2.05. The second kappa shape index (κ2) is 11.8. The molecule has 0 saturated carbocycles. The molecule has 3 rings (SSSR count). The van der Waals surface area contributed by atoms with Crippen molar-refractivity contribution in [2.75, 3.05) is 17.9 Å². The van der Waals surface area contributed by atoms with Crippen LogP contribution in [0.2, 0.25) is 0 Å². The van der Waals surface area contributed by atoms with Crippen LogP contribution >= 0.6 is 0 Å². The van der Waals surface area contributed by atoms with Gasteiger partial charge in [-0.3, -0.25) is 4.72 Å². The van der Waals surface area contributed by atoms with E-state index in [1.807, 2.05) is 0 Å². The monoisotopic (exact) mass is 515 g/mol. The average Bonchev–Trinajstić information content (AvgIpc) is 3.17. The number of aliphatic hydroxyl groups is 2. The van der Waals surface area contributed by atoms with Gasteiger partial charge in [0.05, 0.1) is 24.5 Å². The summed E-state index contributed by atoms with van der Waals surface area (Å²) >= 11 is 0. The van der Waals surface area contributed by atoms with Gasteiger partial charge < -0.3 is 24.8 Å². The minimum atomic E-state index is -4.22. The maximum Gasteiger partial charge on any atom is 0.332 e. The summed E-state index contributed by atoms with van der Waals surface area (Å²) in [5.74, 6) is -3.47. The predicted octanol–water partition coefficient (Wildman–Crippen LogP) is 2.72. The van der Waals surface area contributed by atoms with Crippen LogP contribution < -0.4 is 4.72 Å². The number of benzene rings is 1. The third-order valence-electron chi connectivity index (χ3n) is 6.44. The zero-order valence-electron chi connectivity index (χ0n) is 19.8. The summed E-state index contributed by atoms with van der Waals surface area (Å²) in [5, 5.41) is 27.3. The Kier molecular flexibility index (Phi) is 9.28. The molecule has 1 aliphatic heterocycles. The summed E-state index contributed by atoms with van der Waals surface area (Å²) in [6.45, 7) is 1.21. The number of hydrogen-bond donors (Lipinski definition) is 4. The second-order valence-corrected chi connectivity index (χ2v) is 10.9. The number of carbonyl (C=O) groups is 1. The standard InChI is InChI=1S/C24H34FNO8S/c1-2-3-4-5-6-7-16-12-17(25)8-9-19(16)26-35(31,32)22-10-11-24(13-18(22)23(29)30)33-20(14-27)21(15-28)34-24/h8-9,12-13,20-22,26-28H,2-7,10-11,14-15H2,1H3,(H,29,30)/t20-,21-,22?/m0/s1. The number of halogens is 1. The molecule has 1 fully saturated rings. The highest BCUT2D eigenvalue weighted by Crippen LogP contribution is 2.41. The Morgan fingerprint density at radius 2 is 1.80 bits per heavy atom. The molecule has 3 atom stereocenters. The lowest BCUT2D eigenvalue weighted by molar-refractivity contribution is -0.153. The quantitative estimate of drug-likeness (QED) is 0.311. The van der Waals surface area contributed by atoms with Crippen LogP contribution in [0.15, 0.2) is 29.8 Å². The van der Waals surface area contributed by atoms with Gasteiger partial charge in [-0.15, -0.1) is 0 Å². The number of hydrogen-bond acceptors (Lipinski definition) is 7. The lowest BCUT2D eigenvalue weighted by Crippen LogP contribution is -2.42. The van der Waals surface area contributed by atoms with E-state index in [4.69, 9.17) is 9.47 Å². The van der Waals surface area contributed by atoms with Crippen LogP contribution in [0, 0.1) is 5.82 Å². The molecule has 9 nitrogen and oxygen atoms in total. The van der Waals surface area contributed by atoms with Crippen LogP contribution in [0.5, 0.6) is 0 Å². The molecule has 0 bridgehead atoms. The van der Waals surface area contributed by atoms with Crippen molar-refractivity contribution in [1.29, 1.82) is 0 Å². The number of sulfonamides is 1. The molecule has 196 valence electrons. The molecule has 0 aromatic heterocycles. The zero-order valence-corrected chi connectivity index (χ0v) is 20.6. The van der Waals surface area contributed by atoms with E-state index >= 15 is 0 Å². The zero-order chi connectivity index (χ0) is 25.6. The number of carboxylic acids is 1. The fourth-order valence-electron chi connectivity index (χ4n) is 4.61. The Morgan fingerprint density at radius 1 is 1.14 bits per heavy atom. The maximum atomic E-state index is 13.9. The number of carboxylic acid groups (broad SMARTS) is 1. The molecular formula is C24H34FNO8S. The number of unbranched alkanes of at least 4 members (excludes halogenated alkanes) is 4. The van der Waals surface area contributed by atoms with Crippen LogP contribution in [0.1, 0.15) is 57.4 Å². The first kappa shape index (κ1) is 27.5. The van der Waals surface area contributed by atoms with E-state index in [2.05, 4.69) is 11.6 Å². The minimum Gasteiger partial charge on any atom is -0.478 e. The van der Waals surface area contributed by atoms with Crippen LogP contribution in [-0.4, -0.2) is 66.2 Å². The number of ether oxygens (including phenoxy) is 2. The lowest BCUT2D eigenvalue weighted by atomic mass is 9.94. The van der Waals surface area contributed by atoms with Gasteiger partial charge in [0, 0.05) is 6.42 Å². The highest BCUT2D eigenvalue weighted by atomic mass is 32.2. The van der Waals surface area contributed by atoms with Crippen LogP contribution in [-0.2, 0) is 30.7 Å². The van der Waals surface area contributed by atoms with Gasteiger partial charge in [-0.05, 0) is 49.1 Å². The van der Waals surface area contributed by atoms with Crippen molar-refractivity contribution >= 4 is 21.7 Å². The van der Waals surface area contributed by atoms with Gasteiger partial charge in [-0.1, -0.05) is 32.6 Å². The summed E-state index contributed by atoms with van der Waals surface area (Å²) in [5.41, 5.74) is 0.306. The van der Waals surface area contributed by atoms with Gasteiger partial charge in [0.1, 0.15) is 23.3 Å². The van der Waals surface area contributed by atoms with Crippen molar-refractivity contribution in [3.05, 3.63) is 41.2 Å². The molecule has 11 heteroatoms. The third kappa shape index (κ3) is 6.59. The van der Waals surface area contributed by atoms with Crippen LogP contribution in [0.25, 0.3) is 0 Å². The molecule has 2 aliphatic rings. The fourth-order valence-corrected chi connectivity index (χ4v) is 6.19. The summed E-state index contributed by atoms with van der Waals surface area (Å²) in [4.78, 5) is 12.0. The van der Waals surface area contributed by atoms with Gasteiger partial charge in [0.15, 0.2) is 5.79 Å². The molecule has 1 saturated heterocycles. The molecule has 1 aromatic carbocycles. The smallest absolute Gasteiger partial charge is 0.332 e. The molecule has 4 N–H and O–H groups in total. The molecule has 0 radical (unpaired) electrons. The molecule has 1 aliphatic carbocycles. The van der Waals surface area contributed by atoms with Crippen molar-refractivity contribution < 1.29 is 42.4 Å². The van der Waals surface area contributed by atoms with Crippen LogP contribution in [0.3, 0.4) is 0 Å². The van der Waals surface area contributed by atoms with Crippen molar-refractivity contribution in [3.8, 4) is 0 Å². The minimum absolute atomic E-state index is 0.00998. The fraction of sp³-hybridized carbons (Fsp3) is 0.625. The molecule has 1 unspecified atom stereocenters. The number of rotatable bonds is 12. The number of aryl methyl sites for hydroxylation is 1. The van der Waals surface area contributed by atoms with E-state index in [1.54, 1.807) is 0 Å². The van der Waals surface area contributed by atoms with Crippen LogP contribution in [0.4, 0.5) is 10.1 Å². The van der Waals surface area contributed by atoms with E-state index in [9.17, 15) is 32.9 Å². The molecule has 35 heavy (non-hydrogen) atoms. The van der Waals surface area contributed by atoms with E-state index < -0.39 is 63.8 Å². The molecule has 1 spiro atoms.